The van der Waals surface area contributed by atoms with Crippen molar-refractivity contribution in [2.75, 3.05) is 19.6 Å². The predicted octanol–water partition coefficient (Wildman–Crippen LogP) is 1.18. The van der Waals surface area contributed by atoms with Gasteiger partial charge >= 0.3 is 0 Å². The number of carbonyl (C=O) groups excluding carboxylic acids is 2. The molecule has 7 nitrogen and oxygen atoms in total. The summed E-state index contributed by atoms with van der Waals surface area (Å²) in [7, 11) is 0. The lowest BCUT2D eigenvalue weighted by Crippen LogP contribution is -2.55. The zero-order chi connectivity index (χ0) is 20.1. The summed E-state index contributed by atoms with van der Waals surface area (Å²) in [6.45, 7) is 3.46. The molecule has 0 saturated carbocycles. The molecule has 0 aromatic carbocycles. The highest BCUT2D eigenvalue weighted by atomic mass is 16.2. The summed E-state index contributed by atoms with van der Waals surface area (Å²) in [4.78, 5) is 32.5. The molecule has 2 fully saturated rings. The highest BCUT2D eigenvalue weighted by Gasteiger charge is 2.37. The summed E-state index contributed by atoms with van der Waals surface area (Å²) in [6, 6.07) is 4.87. The van der Waals surface area contributed by atoms with Crippen LogP contribution in [-0.2, 0) is 4.79 Å². The van der Waals surface area contributed by atoms with Crippen LogP contribution >= 0.6 is 0 Å². The maximum Gasteiger partial charge on any atom is 0.253 e. The van der Waals surface area contributed by atoms with Crippen LogP contribution < -0.4 is 5.32 Å². The van der Waals surface area contributed by atoms with Gasteiger partial charge in [0.2, 0.25) is 5.91 Å². The molecule has 0 unspecified atom stereocenters. The molecule has 7 heteroatoms. The van der Waals surface area contributed by atoms with Crippen molar-refractivity contribution in [2.45, 2.75) is 50.2 Å². The van der Waals surface area contributed by atoms with Gasteiger partial charge in [0.1, 0.15) is 6.04 Å². The number of rotatable bonds is 4. The molecule has 0 spiro atoms. The van der Waals surface area contributed by atoms with E-state index in [9.17, 15) is 14.9 Å². The van der Waals surface area contributed by atoms with Crippen LogP contribution in [0.4, 0.5) is 0 Å². The van der Waals surface area contributed by atoms with Crippen molar-refractivity contribution in [1.82, 2.24) is 20.1 Å². The molecule has 1 aromatic rings. The smallest absolute Gasteiger partial charge is 0.253 e. The molecule has 0 radical (unpaired) electrons. The van der Waals surface area contributed by atoms with Gasteiger partial charge in [0.25, 0.3) is 5.91 Å². The summed E-state index contributed by atoms with van der Waals surface area (Å²) in [5.74, 6) is 2.49. The number of piperidine rings is 1. The molecule has 0 bridgehead atoms. The maximum absolute atomic E-state index is 12.7. The van der Waals surface area contributed by atoms with Crippen molar-refractivity contribution >= 4 is 11.8 Å². The number of nitrogens with zero attached hydrogens (tertiary/aromatic N) is 4. The monoisotopic (exact) mass is 379 g/mol. The topological polar surface area (TPSA) is 89.3 Å². The number of hydrogen-bond donors (Lipinski definition) is 1. The molecular formula is C21H25N5O2. The third-order valence-electron chi connectivity index (χ3n) is 5.76. The highest BCUT2D eigenvalue weighted by Crippen LogP contribution is 2.25. The van der Waals surface area contributed by atoms with Gasteiger partial charge in [-0.3, -0.25) is 14.6 Å². The van der Waals surface area contributed by atoms with Gasteiger partial charge in [-0.25, -0.2) is 0 Å². The number of amides is 2. The average Bonchev–Trinajstić information content (AvgIpc) is 3.16. The second-order valence-corrected chi connectivity index (χ2v) is 7.65. The van der Waals surface area contributed by atoms with E-state index in [2.05, 4.69) is 29.2 Å². The van der Waals surface area contributed by atoms with Gasteiger partial charge in [-0.1, -0.05) is 5.92 Å². The maximum atomic E-state index is 12.7. The highest BCUT2D eigenvalue weighted by molar-refractivity contribution is 5.94. The second-order valence-electron chi connectivity index (χ2n) is 7.65. The van der Waals surface area contributed by atoms with E-state index in [1.54, 1.807) is 29.4 Å². The number of aromatic nitrogens is 1. The number of pyridine rings is 1. The van der Waals surface area contributed by atoms with Crippen molar-refractivity contribution in [3.8, 4) is 18.4 Å². The van der Waals surface area contributed by atoms with E-state index in [1.807, 2.05) is 4.90 Å². The number of terminal acetylenes is 1. The molecule has 2 aliphatic heterocycles. The first-order valence-corrected chi connectivity index (χ1v) is 9.59. The normalized spacial score (nSPS) is 23.7. The van der Waals surface area contributed by atoms with E-state index in [4.69, 9.17) is 6.42 Å². The van der Waals surface area contributed by atoms with Crippen molar-refractivity contribution in [3.05, 3.63) is 30.1 Å². The summed E-state index contributed by atoms with van der Waals surface area (Å²) >= 11 is 0. The van der Waals surface area contributed by atoms with Gasteiger partial charge < -0.3 is 15.1 Å². The molecular weight excluding hydrogens is 354 g/mol. The summed E-state index contributed by atoms with van der Waals surface area (Å²) in [5.41, 5.74) is 0.400. The van der Waals surface area contributed by atoms with Gasteiger partial charge in [0.05, 0.1) is 18.7 Å². The fraction of sp³-hybridized carbons (Fsp3) is 0.524. The van der Waals surface area contributed by atoms with Crippen LogP contribution in [-0.4, -0.2) is 63.9 Å². The van der Waals surface area contributed by atoms with E-state index >= 15 is 0 Å². The fourth-order valence-electron chi connectivity index (χ4n) is 3.89. The Hall–Kier alpha value is -2.90. The van der Waals surface area contributed by atoms with Gasteiger partial charge in [0, 0.05) is 36.6 Å². The van der Waals surface area contributed by atoms with Crippen LogP contribution in [0.15, 0.2) is 24.5 Å². The fourth-order valence-corrected chi connectivity index (χ4v) is 3.89. The number of carbonyl (C=O) groups is 2. The van der Waals surface area contributed by atoms with E-state index < -0.39 is 6.04 Å². The van der Waals surface area contributed by atoms with Gasteiger partial charge in [-0.2, -0.15) is 5.26 Å². The third kappa shape index (κ3) is 4.16. The van der Waals surface area contributed by atoms with Crippen LogP contribution in [0.25, 0.3) is 0 Å². The Kier molecular flexibility index (Phi) is 5.96. The van der Waals surface area contributed by atoms with E-state index in [-0.39, 0.29) is 29.9 Å². The Bertz CT molecular complexity index is 780. The van der Waals surface area contributed by atoms with Gasteiger partial charge in [-0.15, -0.1) is 6.42 Å². The molecule has 1 aromatic heterocycles. The summed E-state index contributed by atoms with van der Waals surface area (Å²) < 4.78 is 0. The lowest BCUT2D eigenvalue weighted by molar-refractivity contribution is -0.131. The lowest BCUT2D eigenvalue weighted by atomic mass is 9.89. The molecule has 1 N–H and O–H groups in total. The largest absolute Gasteiger partial charge is 0.339 e. The zero-order valence-corrected chi connectivity index (χ0v) is 16.1. The first-order chi connectivity index (χ1) is 13.5. The lowest BCUT2D eigenvalue weighted by Gasteiger charge is -2.40. The summed E-state index contributed by atoms with van der Waals surface area (Å²) in [5, 5.41) is 12.6. The first-order valence-electron chi connectivity index (χ1n) is 9.59. The molecule has 0 aliphatic carbocycles. The van der Waals surface area contributed by atoms with E-state index in [1.165, 1.54) is 0 Å². The molecule has 2 atom stereocenters. The molecule has 2 amide bonds. The molecule has 2 aliphatic rings. The van der Waals surface area contributed by atoms with Crippen molar-refractivity contribution in [2.24, 2.45) is 0 Å². The number of hydrogen-bond acceptors (Lipinski definition) is 5. The van der Waals surface area contributed by atoms with Crippen LogP contribution in [0, 0.1) is 23.7 Å². The molecule has 28 heavy (non-hydrogen) atoms. The SMILES string of the molecule is C#C[C@H]1CC[C@@H](C#N)N1C(=O)CNC1(C)CCN(C(=O)c2ccncc2)CC1. The number of likely N-dealkylation sites (tertiary alicyclic amines) is 2. The van der Waals surface area contributed by atoms with Crippen LogP contribution in [0.1, 0.15) is 43.0 Å². The average molecular weight is 379 g/mol. The Morgan fingerprint density at radius 1 is 1.29 bits per heavy atom. The molecule has 146 valence electrons. The van der Waals surface area contributed by atoms with Crippen LogP contribution in [0.3, 0.4) is 0 Å². The van der Waals surface area contributed by atoms with Crippen LogP contribution in [0.2, 0.25) is 0 Å². The van der Waals surface area contributed by atoms with Gasteiger partial charge in [-0.05, 0) is 44.7 Å². The molecule has 3 rings (SSSR count). The first kappa shape index (κ1) is 19.9. The Balaban J connectivity index is 1.53. The Morgan fingerprint density at radius 2 is 1.93 bits per heavy atom. The zero-order valence-electron chi connectivity index (χ0n) is 16.1. The number of nitrogens with one attached hydrogen (secondary N) is 1. The summed E-state index contributed by atoms with van der Waals surface area (Å²) in [6.07, 6.45) is 11.5. The minimum atomic E-state index is -0.442. The molecule has 2 saturated heterocycles. The van der Waals surface area contributed by atoms with Gasteiger partial charge in [0.15, 0.2) is 0 Å². The third-order valence-corrected chi connectivity index (χ3v) is 5.76. The Morgan fingerprint density at radius 3 is 2.54 bits per heavy atom. The minimum absolute atomic E-state index is 0.00585. The second kappa shape index (κ2) is 8.41. The molecule has 3 heterocycles. The Labute approximate surface area is 165 Å². The number of nitriles is 1. The van der Waals surface area contributed by atoms with Crippen molar-refractivity contribution < 1.29 is 9.59 Å². The minimum Gasteiger partial charge on any atom is -0.339 e. The predicted molar refractivity (Wildman–Crippen MR) is 104 cm³/mol. The quantitative estimate of drug-likeness (QED) is 0.794. The van der Waals surface area contributed by atoms with Crippen LogP contribution in [0.5, 0.6) is 0 Å². The van der Waals surface area contributed by atoms with E-state index in [0.29, 0.717) is 31.5 Å². The van der Waals surface area contributed by atoms with E-state index in [0.717, 1.165) is 12.8 Å². The standard InChI is InChI=1S/C21H25N5O2/c1-3-17-4-5-18(14-22)26(17)19(27)15-24-21(2)8-12-25(13-9-21)20(28)16-6-10-23-11-7-16/h1,6-7,10-11,17-18,24H,4-5,8-9,12-13,15H2,2H3/t17-,18-/m0/s1. The van der Waals surface area contributed by atoms with Crippen molar-refractivity contribution in [1.29, 1.82) is 5.26 Å². The van der Waals surface area contributed by atoms with Crippen molar-refractivity contribution in [3.63, 3.8) is 0 Å².